The lowest BCUT2D eigenvalue weighted by Gasteiger charge is -1.98. The molecule has 0 bridgehead atoms. The second kappa shape index (κ2) is 4.42. The van der Waals surface area contributed by atoms with Crippen molar-refractivity contribution < 1.29 is 4.79 Å². The van der Waals surface area contributed by atoms with Crippen LogP contribution in [0.25, 0.3) is 6.08 Å². The van der Waals surface area contributed by atoms with Crippen LogP contribution in [-0.4, -0.2) is 12.5 Å². The van der Waals surface area contributed by atoms with Crippen molar-refractivity contribution in [3.63, 3.8) is 0 Å². The maximum Gasteiger partial charge on any atom is 0.245 e. The molecule has 1 aromatic carbocycles. The molecule has 0 aliphatic rings. The van der Waals surface area contributed by atoms with Gasteiger partial charge in [0.05, 0.1) is 0 Å². The van der Waals surface area contributed by atoms with Gasteiger partial charge in [-0.05, 0) is 11.6 Å². The van der Waals surface area contributed by atoms with Crippen LogP contribution in [0.2, 0.25) is 0 Å². The molecule has 0 saturated carbocycles. The van der Waals surface area contributed by atoms with Gasteiger partial charge in [-0.3, -0.25) is 4.79 Å². The zero-order valence-electron chi connectivity index (χ0n) is 7.23. The minimum atomic E-state index is -0.466. The van der Waals surface area contributed by atoms with Crippen molar-refractivity contribution >= 4 is 12.0 Å². The third-order valence-corrected chi connectivity index (χ3v) is 1.68. The first-order valence-electron chi connectivity index (χ1n) is 3.99. The molecule has 1 aromatic rings. The molecule has 1 amide bonds. The Morgan fingerprint density at radius 1 is 1.31 bits per heavy atom. The Balaban J connectivity index is 2.92. The van der Waals surface area contributed by atoms with E-state index in [1.807, 2.05) is 30.3 Å². The van der Waals surface area contributed by atoms with E-state index in [4.69, 9.17) is 11.5 Å². The lowest BCUT2D eigenvalue weighted by molar-refractivity contribution is -0.114. The number of hydrogen-bond donors (Lipinski definition) is 2. The molecule has 0 atom stereocenters. The molecule has 0 saturated heterocycles. The number of primary amides is 1. The first-order chi connectivity index (χ1) is 6.24. The Kier molecular flexibility index (Phi) is 3.23. The van der Waals surface area contributed by atoms with Crippen LogP contribution in [0, 0.1) is 0 Å². The van der Waals surface area contributed by atoms with Crippen LogP contribution in [0.15, 0.2) is 35.9 Å². The number of amides is 1. The van der Waals surface area contributed by atoms with Gasteiger partial charge in [-0.15, -0.1) is 0 Å². The van der Waals surface area contributed by atoms with Crippen LogP contribution in [0.1, 0.15) is 5.56 Å². The summed E-state index contributed by atoms with van der Waals surface area (Å²) >= 11 is 0. The molecule has 13 heavy (non-hydrogen) atoms. The summed E-state index contributed by atoms with van der Waals surface area (Å²) in [7, 11) is 0. The van der Waals surface area contributed by atoms with Crippen LogP contribution in [-0.2, 0) is 4.79 Å². The molecule has 3 nitrogen and oxygen atoms in total. The molecule has 68 valence electrons. The van der Waals surface area contributed by atoms with Gasteiger partial charge in [-0.25, -0.2) is 0 Å². The van der Waals surface area contributed by atoms with E-state index in [1.54, 1.807) is 6.08 Å². The smallest absolute Gasteiger partial charge is 0.245 e. The molecule has 0 heterocycles. The SMILES string of the molecule is NCC(=Cc1ccccc1)C(N)=O. The van der Waals surface area contributed by atoms with Gasteiger partial charge in [-0.2, -0.15) is 0 Å². The zero-order chi connectivity index (χ0) is 9.68. The number of carbonyl (C=O) groups is 1. The predicted molar refractivity (Wildman–Crippen MR) is 52.7 cm³/mol. The topological polar surface area (TPSA) is 69.1 Å². The van der Waals surface area contributed by atoms with Crippen LogP contribution in [0.5, 0.6) is 0 Å². The molecule has 0 radical (unpaired) electrons. The van der Waals surface area contributed by atoms with Gasteiger partial charge in [0, 0.05) is 12.1 Å². The van der Waals surface area contributed by atoms with Gasteiger partial charge in [0.1, 0.15) is 0 Å². The Bertz CT molecular complexity index is 317. The Morgan fingerprint density at radius 2 is 1.92 bits per heavy atom. The summed E-state index contributed by atoms with van der Waals surface area (Å²) in [5, 5.41) is 0. The van der Waals surface area contributed by atoms with Gasteiger partial charge in [-0.1, -0.05) is 30.3 Å². The molecule has 0 aliphatic carbocycles. The van der Waals surface area contributed by atoms with Gasteiger partial charge < -0.3 is 11.5 Å². The highest BCUT2D eigenvalue weighted by Crippen LogP contribution is 2.04. The molecule has 4 N–H and O–H groups in total. The Hall–Kier alpha value is -1.61. The van der Waals surface area contributed by atoms with Crippen LogP contribution in [0.3, 0.4) is 0 Å². The van der Waals surface area contributed by atoms with E-state index in [2.05, 4.69) is 0 Å². The molecular weight excluding hydrogens is 164 g/mol. The minimum absolute atomic E-state index is 0.171. The predicted octanol–water partition coefficient (Wildman–Crippen LogP) is 0.514. The highest BCUT2D eigenvalue weighted by molar-refractivity contribution is 5.96. The van der Waals surface area contributed by atoms with E-state index >= 15 is 0 Å². The van der Waals surface area contributed by atoms with E-state index in [0.29, 0.717) is 5.57 Å². The van der Waals surface area contributed by atoms with E-state index in [9.17, 15) is 4.79 Å². The Labute approximate surface area is 77.0 Å². The van der Waals surface area contributed by atoms with Crippen molar-refractivity contribution in [2.45, 2.75) is 0 Å². The first-order valence-corrected chi connectivity index (χ1v) is 3.99. The summed E-state index contributed by atoms with van der Waals surface area (Å²) in [5.74, 6) is -0.466. The third-order valence-electron chi connectivity index (χ3n) is 1.68. The highest BCUT2D eigenvalue weighted by atomic mass is 16.1. The summed E-state index contributed by atoms with van der Waals surface area (Å²) in [5.41, 5.74) is 11.8. The standard InChI is InChI=1S/C10H12N2O/c11-7-9(10(12)13)6-8-4-2-1-3-5-8/h1-6H,7,11H2,(H2,12,13). The molecule has 0 spiro atoms. The molecule has 0 unspecified atom stereocenters. The van der Waals surface area contributed by atoms with Crippen LogP contribution >= 0.6 is 0 Å². The maximum absolute atomic E-state index is 10.8. The van der Waals surface area contributed by atoms with Gasteiger partial charge in [0.25, 0.3) is 0 Å². The number of carbonyl (C=O) groups excluding carboxylic acids is 1. The lowest BCUT2D eigenvalue weighted by Crippen LogP contribution is -2.20. The number of hydrogen-bond acceptors (Lipinski definition) is 2. The number of nitrogens with two attached hydrogens (primary N) is 2. The highest BCUT2D eigenvalue weighted by Gasteiger charge is 2.00. The number of benzene rings is 1. The largest absolute Gasteiger partial charge is 0.366 e. The van der Waals surface area contributed by atoms with Crippen LogP contribution in [0.4, 0.5) is 0 Å². The van der Waals surface area contributed by atoms with E-state index in [-0.39, 0.29) is 6.54 Å². The van der Waals surface area contributed by atoms with Crippen molar-refractivity contribution in [3.8, 4) is 0 Å². The quantitative estimate of drug-likeness (QED) is 0.659. The molecular formula is C10H12N2O. The van der Waals surface area contributed by atoms with E-state index in [1.165, 1.54) is 0 Å². The second-order valence-corrected chi connectivity index (χ2v) is 2.65. The third kappa shape index (κ3) is 2.72. The van der Waals surface area contributed by atoms with Gasteiger partial charge in [0.15, 0.2) is 0 Å². The van der Waals surface area contributed by atoms with Crippen molar-refractivity contribution in [1.29, 1.82) is 0 Å². The minimum Gasteiger partial charge on any atom is -0.366 e. The summed E-state index contributed by atoms with van der Waals surface area (Å²) in [6.07, 6.45) is 1.70. The first kappa shape index (κ1) is 9.48. The summed E-state index contributed by atoms with van der Waals surface area (Å²) in [6, 6.07) is 9.46. The van der Waals surface area contributed by atoms with Gasteiger partial charge in [0.2, 0.25) is 5.91 Å². The maximum atomic E-state index is 10.8. The summed E-state index contributed by atoms with van der Waals surface area (Å²) in [6.45, 7) is 0.171. The van der Waals surface area contributed by atoms with Crippen molar-refractivity contribution in [2.75, 3.05) is 6.54 Å². The molecule has 0 aromatic heterocycles. The second-order valence-electron chi connectivity index (χ2n) is 2.65. The van der Waals surface area contributed by atoms with Crippen molar-refractivity contribution in [1.82, 2.24) is 0 Å². The lowest BCUT2D eigenvalue weighted by atomic mass is 10.1. The molecule has 1 rings (SSSR count). The summed E-state index contributed by atoms with van der Waals surface area (Å²) in [4.78, 5) is 10.8. The molecule has 0 aliphatic heterocycles. The average molecular weight is 176 g/mol. The monoisotopic (exact) mass is 176 g/mol. The number of rotatable bonds is 3. The average Bonchev–Trinajstić information content (AvgIpc) is 2.15. The molecule has 3 heteroatoms. The summed E-state index contributed by atoms with van der Waals surface area (Å²) < 4.78 is 0. The molecule has 0 fully saturated rings. The fraction of sp³-hybridized carbons (Fsp3) is 0.100. The fourth-order valence-corrected chi connectivity index (χ4v) is 0.981. The van der Waals surface area contributed by atoms with Gasteiger partial charge >= 0.3 is 0 Å². The van der Waals surface area contributed by atoms with E-state index < -0.39 is 5.91 Å². The zero-order valence-corrected chi connectivity index (χ0v) is 7.23. The van der Waals surface area contributed by atoms with Crippen molar-refractivity contribution in [2.24, 2.45) is 11.5 Å². The van der Waals surface area contributed by atoms with Crippen LogP contribution < -0.4 is 11.5 Å². The Morgan fingerprint density at radius 3 is 2.38 bits per heavy atom. The fourth-order valence-electron chi connectivity index (χ4n) is 0.981. The van der Waals surface area contributed by atoms with E-state index in [0.717, 1.165) is 5.56 Å². The van der Waals surface area contributed by atoms with Crippen molar-refractivity contribution in [3.05, 3.63) is 41.5 Å². The normalized spacial score (nSPS) is 11.3.